The summed E-state index contributed by atoms with van der Waals surface area (Å²) in [5, 5.41) is -0.218. The zero-order valence-corrected chi connectivity index (χ0v) is 24.4. The van der Waals surface area contributed by atoms with Crippen molar-refractivity contribution in [2.75, 3.05) is 18.2 Å². The third-order valence-corrected chi connectivity index (χ3v) is 16.9. The van der Waals surface area contributed by atoms with Crippen molar-refractivity contribution in [1.29, 1.82) is 0 Å². The number of halogens is 2. The van der Waals surface area contributed by atoms with Crippen molar-refractivity contribution in [3.63, 3.8) is 0 Å². The predicted octanol–water partition coefficient (Wildman–Crippen LogP) is 5.08. The molecule has 0 saturated carbocycles. The van der Waals surface area contributed by atoms with Crippen LogP contribution in [0, 0.1) is 0 Å². The van der Waals surface area contributed by atoms with E-state index < -0.39 is 46.4 Å². The SMILES string of the molecule is CC(C)(C)[Si](C)(C)OC[C@@]1(CCl)O[C@@H](n2ccc(N)nc2=O)[C@@H](F)[C@@H]1O[Si](C)(C)C(C)(C)C. The van der Waals surface area contributed by atoms with Gasteiger partial charge in [0.05, 0.1) is 12.5 Å². The summed E-state index contributed by atoms with van der Waals surface area (Å²) in [6.45, 7) is 21.1. The number of hydrogen-bond donors (Lipinski definition) is 1. The van der Waals surface area contributed by atoms with Crippen LogP contribution in [0.5, 0.6) is 0 Å². The maximum Gasteiger partial charge on any atom is 0.351 e. The Balaban J connectivity index is 2.53. The van der Waals surface area contributed by atoms with E-state index in [1.54, 1.807) is 0 Å². The lowest BCUT2D eigenvalue weighted by Crippen LogP contribution is -2.57. The topological polar surface area (TPSA) is 88.6 Å². The van der Waals surface area contributed by atoms with Gasteiger partial charge in [0.15, 0.2) is 29.0 Å². The second-order valence-electron chi connectivity index (χ2n) is 12.0. The van der Waals surface area contributed by atoms with Gasteiger partial charge in [-0.2, -0.15) is 4.98 Å². The van der Waals surface area contributed by atoms with Crippen LogP contribution in [0.2, 0.25) is 36.3 Å². The Morgan fingerprint density at radius 1 is 1.18 bits per heavy atom. The number of nitrogen functional groups attached to an aromatic ring is 1. The van der Waals surface area contributed by atoms with E-state index in [-0.39, 0.29) is 28.4 Å². The number of aromatic nitrogens is 2. The first-order chi connectivity index (χ1) is 14.8. The molecule has 0 unspecified atom stereocenters. The van der Waals surface area contributed by atoms with Gasteiger partial charge in [-0.15, -0.1) is 11.6 Å². The van der Waals surface area contributed by atoms with E-state index >= 15 is 4.39 Å². The number of nitrogens with two attached hydrogens (primary N) is 1. The lowest BCUT2D eigenvalue weighted by atomic mass is 9.99. The molecule has 1 aromatic heterocycles. The maximum atomic E-state index is 16.1. The third kappa shape index (κ3) is 5.73. The first kappa shape index (κ1) is 28.5. The second-order valence-corrected chi connectivity index (χ2v) is 21.9. The summed E-state index contributed by atoms with van der Waals surface area (Å²) >= 11 is 6.48. The molecule has 2 N–H and O–H groups in total. The first-order valence-electron chi connectivity index (χ1n) is 11.3. The molecule has 33 heavy (non-hydrogen) atoms. The largest absolute Gasteiger partial charge is 0.414 e. The van der Waals surface area contributed by atoms with E-state index in [0.29, 0.717) is 0 Å². The Bertz CT molecular complexity index is 901. The van der Waals surface area contributed by atoms with Gasteiger partial charge in [0, 0.05) is 6.20 Å². The summed E-state index contributed by atoms with van der Waals surface area (Å²) in [4.78, 5) is 16.2. The van der Waals surface area contributed by atoms with Crippen molar-refractivity contribution in [3.8, 4) is 0 Å². The normalized spacial score (nSPS) is 27.2. The average Bonchev–Trinajstić information content (AvgIpc) is 2.91. The summed E-state index contributed by atoms with van der Waals surface area (Å²) < 4.78 is 36.5. The molecule has 0 aliphatic carbocycles. The summed E-state index contributed by atoms with van der Waals surface area (Å²) in [5.74, 6) is 0.0122. The van der Waals surface area contributed by atoms with Crippen molar-refractivity contribution in [2.24, 2.45) is 0 Å². The quantitative estimate of drug-likeness (QED) is 0.397. The van der Waals surface area contributed by atoms with Crippen molar-refractivity contribution in [2.45, 2.75) is 102 Å². The molecule has 1 aliphatic heterocycles. The van der Waals surface area contributed by atoms with Gasteiger partial charge in [-0.25, -0.2) is 9.18 Å². The highest BCUT2D eigenvalue weighted by Crippen LogP contribution is 2.47. The van der Waals surface area contributed by atoms with Crippen LogP contribution >= 0.6 is 11.6 Å². The summed E-state index contributed by atoms with van der Waals surface area (Å²) in [5.41, 5.74) is 3.66. The standard InChI is InChI=1S/C22H41ClFN3O4Si2/c1-20(2,3)32(7,8)29-14-22(13-23)17(31-33(9,10)21(4,5)6)16(24)18(30-22)27-12-11-15(25)26-19(27)28/h11-12,16-18H,13-14H2,1-10H3,(H2,25,26,28)/t16-,17-,18+,22+/m0/s1. The average molecular weight is 522 g/mol. The van der Waals surface area contributed by atoms with Gasteiger partial charge in [0.2, 0.25) is 0 Å². The van der Waals surface area contributed by atoms with Gasteiger partial charge < -0.3 is 19.3 Å². The van der Waals surface area contributed by atoms with Crippen molar-refractivity contribution in [1.82, 2.24) is 9.55 Å². The van der Waals surface area contributed by atoms with Crippen LogP contribution in [0.1, 0.15) is 47.8 Å². The molecular formula is C22H41ClFN3O4Si2. The van der Waals surface area contributed by atoms with Crippen molar-refractivity contribution < 1.29 is 18.0 Å². The van der Waals surface area contributed by atoms with E-state index in [0.717, 1.165) is 4.57 Å². The molecule has 190 valence electrons. The summed E-state index contributed by atoms with van der Waals surface area (Å²) in [6, 6.07) is 1.44. The van der Waals surface area contributed by atoms with Gasteiger partial charge in [0.25, 0.3) is 0 Å². The molecular weight excluding hydrogens is 481 g/mol. The fourth-order valence-corrected chi connectivity index (χ4v) is 5.75. The van der Waals surface area contributed by atoms with Gasteiger partial charge in [-0.1, -0.05) is 41.5 Å². The molecule has 0 amide bonds. The van der Waals surface area contributed by atoms with Gasteiger partial charge >= 0.3 is 5.69 Å². The van der Waals surface area contributed by atoms with Crippen LogP contribution in [0.3, 0.4) is 0 Å². The van der Waals surface area contributed by atoms with Crippen LogP contribution in [-0.2, 0) is 13.6 Å². The second kappa shape index (κ2) is 9.35. The Labute approximate surface area is 204 Å². The van der Waals surface area contributed by atoms with E-state index in [1.807, 2.05) is 0 Å². The van der Waals surface area contributed by atoms with Crippen LogP contribution in [0.25, 0.3) is 0 Å². The smallest absolute Gasteiger partial charge is 0.351 e. The fraction of sp³-hybridized carbons (Fsp3) is 0.818. The maximum absolute atomic E-state index is 16.1. The Morgan fingerprint density at radius 3 is 2.18 bits per heavy atom. The van der Waals surface area contributed by atoms with Crippen LogP contribution in [0.15, 0.2) is 17.1 Å². The number of hydrogen-bond acceptors (Lipinski definition) is 6. The van der Waals surface area contributed by atoms with E-state index in [1.165, 1.54) is 12.3 Å². The number of rotatable bonds is 7. The minimum Gasteiger partial charge on any atom is -0.414 e. The number of ether oxygens (including phenoxy) is 1. The Hall–Kier alpha value is -0.786. The molecule has 1 saturated heterocycles. The van der Waals surface area contributed by atoms with Gasteiger partial charge in [-0.3, -0.25) is 4.57 Å². The predicted molar refractivity (Wildman–Crippen MR) is 137 cm³/mol. The molecule has 0 radical (unpaired) electrons. The van der Waals surface area contributed by atoms with Gasteiger partial charge in [-0.05, 0) is 42.3 Å². The van der Waals surface area contributed by atoms with Gasteiger partial charge in [0.1, 0.15) is 17.5 Å². The van der Waals surface area contributed by atoms with Crippen molar-refractivity contribution in [3.05, 3.63) is 22.7 Å². The molecule has 1 aliphatic rings. The molecule has 11 heteroatoms. The number of nitrogens with zero attached hydrogens (tertiary/aromatic N) is 2. The molecule has 4 atom stereocenters. The number of anilines is 1. The highest BCUT2D eigenvalue weighted by molar-refractivity contribution is 6.74. The molecule has 7 nitrogen and oxygen atoms in total. The molecule has 0 aromatic carbocycles. The fourth-order valence-electron chi connectivity index (χ4n) is 3.09. The molecule has 1 fully saturated rings. The molecule has 2 rings (SSSR count). The van der Waals surface area contributed by atoms with E-state index in [2.05, 4.69) is 72.7 Å². The minimum absolute atomic E-state index is 0.0466. The molecule has 2 heterocycles. The third-order valence-electron chi connectivity index (χ3n) is 7.50. The van der Waals surface area contributed by atoms with Crippen LogP contribution in [0.4, 0.5) is 10.2 Å². The van der Waals surface area contributed by atoms with Crippen LogP contribution < -0.4 is 11.4 Å². The summed E-state index contributed by atoms with van der Waals surface area (Å²) in [7, 11) is -4.63. The van der Waals surface area contributed by atoms with E-state index in [9.17, 15) is 4.79 Å². The molecule has 0 spiro atoms. The Morgan fingerprint density at radius 2 is 1.73 bits per heavy atom. The molecule has 1 aromatic rings. The zero-order chi connectivity index (χ0) is 25.6. The molecule has 0 bridgehead atoms. The highest BCUT2D eigenvalue weighted by Gasteiger charge is 2.60. The Kier molecular flexibility index (Phi) is 8.06. The first-order valence-corrected chi connectivity index (χ1v) is 17.7. The number of alkyl halides is 2. The zero-order valence-electron chi connectivity index (χ0n) is 21.7. The van der Waals surface area contributed by atoms with Crippen molar-refractivity contribution >= 4 is 34.1 Å². The lowest BCUT2D eigenvalue weighted by molar-refractivity contribution is -0.110. The highest BCUT2D eigenvalue weighted by atomic mass is 35.5. The minimum atomic E-state index is -2.43. The van der Waals surface area contributed by atoms with Crippen LogP contribution in [-0.4, -0.2) is 56.5 Å². The monoisotopic (exact) mass is 521 g/mol. The summed E-state index contributed by atoms with van der Waals surface area (Å²) in [6.07, 6.45) is -2.51. The lowest BCUT2D eigenvalue weighted by Gasteiger charge is -2.44. The van der Waals surface area contributed by atoms with E-state index in [4.69, 9.17) is 30.9 Å².